The van der Waals surface area contributed by atoms with Gasteiger partial charge in [0.25, 0.3) is 0 Å². The average Bonchev–Trinajstić information content (AvgIpc) is 3.39. The summed E-state index contributed by atoms with van der Waals surface area (Å²) >= 11 is 1.67. The van der Waals surface area contributed by atoms with Gasteiger partial charge in [-0.3, -0.25) is 0 Å². The minimum Gasteiger partial charge on any atom is -0.449 e. The molecule has 0 spiro atoms. The highest BCUT2D eigenvalue weighted by molar-refractivity contribution is 7.17. The third-order valence-electron chi connectivity index (χ3n) is 5.37. The van der Waals surface area contributed by atoms with Crippen molar-refractivity contribution in [3.8, 4) is 23.0 Å². The fourth-order valence-electron chi connectivity index (χ4n) is 4.00. The zero-order valence-electron chi connectivity index (χ0n) is 16.2. The van der Waals surface area contributed by atoms with Crippen molar-refractivity contribution in [2.75, 3.05) is 13.2 Å². The number of amides is 1. The van der Waals surface area contributed by atoms with Crippen LogP contribution in [-0.2, 0) is 4.74 Å². The van der Waals surface area contributed by atoms with E-state index in [1.165, 1.54) is 32.3 Å². The van der Waals surface area contributed by atoms with Gasteiger partial charge in [0.2, 0.25) is 0 Å². The Morgan fingerprint density at radius 2 is 1.67 bits per heavy atom. The Balaban J connectivity index is 1.21. The van der Waals surface area contributed by atoms with Gasteiger partial charge < -0.3 is 10.1 Å². The number of fused-ring (bicyclic) bond motifs is 4. The zero-order valence-corrected chi connectivity index (χ0v) is 17.0. The van der Waals surface area contributed by atoms with Crippen LogP contribution < -0.4 is 5.32 Å². The first-order chi connectivity index (χ1) is 14.8. The molecule has 0 fully saturated rings. The highest BCUT2D eigenvalue weighted by Crippen LogP contribution is 2.44. The lowest BCUT2D eigenvalue weighted by Gasteiger charge is -2.14. The number of benzene rings is 3. The third kappa shape index (κ3) is 3.45. The van der Waals surface area contributed by atoms with E-state index < -0.39 is 6.09 Å². The molecule has 4 aromatic rings. The van der Waals surface area contributed by atoms with Gasteiger partial charge in [-0.15, -0.1) is 11.3 Å². The van der Waals surface area contributed by atoms with E-state index in [4.69, 9.17) is 4.74 Å². The Hall–Kier alpha value is -3.55. The molecule has 0 aliphatic heterocycles. The van der Waals surface area contributed by atoms with Gasteiger partial charge in [0.05, 0.1) is 6.54 Å². The van der Waals surface area contributed by atoms with Crippen molar-refractivity contribution >= 4 is 27.5 Å². The van der Waals surface area contributed by atoms with Crippen LogP contribution in [0.3, 0.4) is 0 Å². The van der Waals surface area contributed by atoms with Gasteiger partial charge in [-0.2, -0.15) is 0 Å². The number of thiophene rings is 1. The Morgan fingerprint density at radius 3 is 2.43 bits per heavy atom. The monoisotopic (exact) mass is 409 g/mol. The molecule has 1 N–H and O–H groups in total. The topological polar surface area (TPSA) is 38.3 Å². The summed E-state index contributed by atoms with van der Waals surface area (Å²) in [6.07, 6.45) is -0.444. The Labute approximate surface area is 179 Å². The molecular weight excluding hydrogens is 390 g/mol. The predicted molar refractivity (Wildman–Crippen MR) is 122 cm³/mol. The van der Waals surface area contributed by atoms with Crippen LogP contribution in [0.4, 0.5) is 4.79 Å². The number of carbonyl (C=O) groups is 1. The zero-order chi connectivity index (χ0) is 20.3. The van der Waals surface area contributed by atoms with Crippen molar-refractivity contribution in [3.63, 3.8) is 0 Å². The highest BCUT2D eigenvalue weighted by Gasteiger charge is 2.28. The van der Waals surface area contributed by atoms with Crippen molar-refractivity contribution in [2.24, 2.45) is 0 Å². The van der Waals surface area contributed by atoms with Crippen LogP contribution in [0.15, 0.2) is 78.2 Å². The quantitative estimate of drug-likeness (QED) is 0.435. The maximum atomic E-state index is 12.2. The molecule has 0 saturated carbocycles. The first-order valence-corrected chi connectivity index (χ1v) is 10.7. The molecule has 1 amide bonds. The summed E-state index contributed by atoms with van der Waals surface area (Å²) in [6.45, 7) is 0.556. The predicted octanol–water partition coefficient (Wildman–Crippen LogP) is 5.79. The van der Waals surface area contributed by atoms with Crippen molar-refractivity contribution in [3.05, 3.63) is 94.9 Å². The molecule has 1 aliphatic carbocycles. The van der Waals surface area contributed by atoms with E-state index in [2.05, 4.69) is 58.9 Å². The number of hydrogen-bond donors (Lipinski definition) is 1. The molecule has 0 saturated heterocycles. The molecule has 0 bridgehead atoms. The van der Waals surface area contributed by atoms with Crippen molar-refractivity contribution in [2.45, 2.75) is 5.92 Å². The molecule has 4 heteroatoms. The van der Waals surface area contributed by atoms with E-state index in [1.807, 2.05) is 36.4 Å². The van der Waals surface area contributed by atoms with Gasteiger partial charge in [0.15, 0.2) is 0 Å². The van der Waals surface area contributed by atoms with E-state index in [1.54, 1.807) is 11.3 Å². The number of nitrogens with one attached hydrogen (secondary N) is 1. The van der Waals surface area contributed by atoms with Crippen LogP contribution >= 0.6 is 11.3 Å². The van der Waals surface area contributed by atoms with Crippen molar-refractivity contribution in [1.82, 2.24) is 5.32 Å². The summed E-state index contributed by atoms with van der Waals surface area (Å²) in [5.74, 6) is 6.22. The van der Waals surface area contributed by atoms with Gasteiger partial charge in [-0.25, -0.2) is 4.79 Å². The third-order valence-corrected chi connectivity index (χ3v) is 6.33. The van der Waals surface area contributed by atoms with E-state index >= 15 is 0 Å². The van der Waals surface area contributed by atoms with Crippen molar-refractivity contribution < 1.29 is 9.53 Å². The minimum atomic E-state index is -0.444. The second-order valence-electron chi connectivity index (χ2n) is 7.13. The molecule has 1 aliphatic rings. The van der Waals surface area contributed by atoms with Crippen LogP contribution in [0.5, 0.6) is 0 Å². The number of carbonyl (C=O) groups excluding carboxylic acids is 1. The first kappa shape index (κ1) is 18.5. The van der Waals surface area contributed by atoms with Gasteiger partial charge >= 0.3 is 6.09 Å². The molecule has 146 valence electrons. The number of ether oxygens (including phenoxy) is 1. The molecule has 0 radical (unpaired) electrons. The largest absolute Gasteiger partial charge is 0.449 e. The second kappa shape index (κ2) is 8.06. The average molecular weight is 410 g/mol. The number of hydrogen-bond acceptors (Lipinski definition) is 3. The molecule has 0 unspecified atom stereocenters. The van der Waals surface area contributed by atoms with Crippen LogP contribution in [-0.4, -0.2) is 19.2 Å². The van der Waals surface area contributed by atoms with E-state index in [0.29, 0.717) is 6.61 Å². The number of alkyl carbamates (subject to hydrolysis) is 1. The summed E-state index contributed by atoms with van der Waals surface area (Å²) in [5, 5.41) is 5.99. The molecule has 3 aromatic carbocycles. The summed E-state index contributed by atoms with van der Waals surface area (Å²) in [5.41, 5.74) is 5.83. The van der Waals surface area contributed by atoms with E-state index in [0.717, 1.165) is 5.56 Å². The molecular formula is C26H19NO2S. The van der Waals surface area contributed by atoms with Crippen LogP contribution in [0, 0.1) is 11.8 Å². The van der Waals surface area contributed by atoms with Crippen molar-refractivity contribution in [1.29, 1.82) is 0 Å². The minimum absolute atomic E-state index is 0.0608. The lowest BCUT2D eigenvalue weighted by atomic mass is 9.98. The van der Waals surface area contributed by atoms with Gasteiger partial charge in [0.1, 0.15) is 6.61 Å². The van der Waals surface area contributed by atoms with E-state index in [-0.39, 0.29) is 12.5 Å². The molecule has 5 rings (SSSR count). The smallest absolute Gasteiger partial charge is 0.407 e. The molecule has 3 nitrogen and oxygen atoms in total. The summed E-state index contributed by atoms with van der Waals surface area (Å²) in [6, 6.07) is 24.8. The number of rotatable bonds is 3. The fraction of sp³-hybridized carbons (Fsp3) is 0.115. The summed E-state index contributed by atoms with van der Waals surface area (Å²) in [4.78, 5) is 12.2. The van der Waals surface area contributed by atoms with Crippen LogP contribution in [0.25, 0.3) is 21.2 Å². The lowest BCUT2D eigenvalue weighted by Crippen LogP contribution is -2.26. The fourth-order valence-corrected chi connectivity index (χ4v) is 4.87. The molecule has 1 heterocycles. The summed E-state index contributed by atoms with van der Waals surface area (Å²) < 4.78 is 6.71. The lowest BCUT2D eigenvalue weighted by molar-refractivity contribution is 0.144. The Morgan fingerprint density at radius 1 is 0.933 bits per heavy atom. The highest BCUT2D eigenvalue weighted by atomic mass is 32.1. The van der Waals surface area contributed by atoms with E-state index in [9.17, 15) is 4.79 Å². The summed E-state index contributed by atoms with van der Waals surface area (Å²) in [7, 11) is 0. The maximum absolute atomic E-state index is 12.2. The molecule has 0 atom stereocenters. The van der Waals surface area contributed by atoms with Crippen LogP contribution in [0.1, 0.15) is 22.6 Å². The maximum Gasteiger partial charge on any atom is 0.407 e. The molecule has 30 heavy (non-hydrogen) atoms. The normalized spacial score (nSPS) is 12.0. The van der Waals surface area contributed by atoms with Gasteiger partial charge in [-0.05, 0) is 45.2 Å². The van der Waals surface area contributed by atoms with Crippen LogP contribution in [0.2, 0.25) is 0 Å². The van der Waals surface area contributed by atoms with Gasteiger partial charge in [0, 0.05) is 16.2 Å². The van der Waals surface area contributed by atoms with Gasteiger partial charge in [-0.1, -0.05) is 72.5 Å². The standard InChI is InChI=1S/C26H19NO2S/c28-26(27-15-6-9-18-7-5-8-19-14-16-30-25(18)19)29-17-24-22-12-3-1-10-20(22)21-11-2-4-13-23(21)24/h1-5,7-8,10-14,16,24H,15,17H2,(H,27,28). The SMILES string of the molecule is O=C(NCC#Cc1cccc2ccsc12)OCC1c2ccccc2-c2ccccc21. The Kier molecular flexibility index (Phi) is 4.96. The molecule has 1 aromatic heterocycles. The Bertz CT molecular complexity index is 1250. The first-order valence-electron chi connectivity index (χ1n) is 9.85. The second-order valence-corrected chi connectivity index (χ2v) is 8.04.